The lowest BCUT2D eigenvalue weighted by Crippen LogP contribution is -2.40. The second kappa shape index (κ2) is 8.81. The van der Waals surface area contributed by atoms with E-state index in [2.05, 4.69) is 12.2 Å². The highest BCUT2D eigenvalue weighted by Gasteiger charge is 2.24. The maximum Gasteiger partial charge on any atom is 0.287 e. The molecule has 0 saturated heterocycles. The Morgan fingerprint density at radius 3 is 2.68 bits per heavy atom. The summed E-state index contributed by atoms with van der Waals surface area (Å²) in [4.78, 5) is 12.4. The van der Waals surface area contributed by atoms with Gasteiger partial charge in [-0.15, -0.1) is 11.8 Å². The van der Waals surface area contributed by atoms with E-state index in [1.54, 1.807) is 17.8 Å². The van der Waals surface area contributed by atoms with Gasteiger partial charge < -0.3 is 9.73 Å². The molecule has 1 aromatic heterocycles. The number of amides is 1. The fraction of sp³-hybridized carbons (Fsp3) is 0.450. The monoisotopic (exact) mass is 377 g/mol. The Balaban J connectivity index is 1.48. The summed E-state index contributed by atoms with van der Waals surface area (Å²) in [6.45, 7) is 2.21. The standard InChI is InChI=1S/C20H24ClNO2S/c1-14-4-2-3-5-18(14)22-20(23)19-11-10-17(24-19)13-25-12-15-6-8-16(21)9-7-15/h6-11,14,18H,2-5,12-13H2,1H3,(H,22,23)/t14-,18+/m1/s1. The van der Waals surface area contributed by atoms with Crippen molar-refractivity contribution >= 4 is 29.3 Å². The zero-order chi connectivity index (χ0) is 17.6. The van der Waals surface area contributed by atoms with Crippen LogP contribution in [0.15, 0.2) is 40.8 Å². The summed E-state index contributed by atoms with van der Waals surface area (Å²) in [5.74, 6) is 3.34. The normalized spacial score (nSPS) is 20.4. The van der Waals surface area contributed by atoms with Crippen LogP contribution in [-0.2, 0) is 11.5 Å². The van der Waals surface area contributed by atoms with E-state index in [1.807, 2.05) is 30.3 Å². The average molecular weight is 378 g/mol. The summed E-state index contributed by atoms with van der Waals surface area (Å²) in [7, 11) is 0. The summed E-state index contributed by atoms with van der Waals surface area (Å²) in [6.07, 6.45) is 4.72. The minimum absolute atomic E-state index is 0.0901. The lowest BCUT2D eigenvalue weighted by atomic mass is 9.86. The first-order valence-electron chi connectivity index (χ1n) is 8.83. The smallest absolute Gasteiger partial charge is 0.287 e. The van der Waals surface area contributed by atoms with Gasteiger partial charge in [0.1, 0.15) is 5.76 Å². The number of rotatable bonds is 6. The molecular weight excluding hydrogens is 354 g/mol. The molecule has 0 radical (unpaired) electrons. The van der Waals surface area contributed by atoms with Crippen LogP contribution in [-0.4, -0.2) is 11.9 Å². The Morgan fingerprint density at radius 1 is 1.16 bits per heavy atom. The van der Waals surface area contributed by atoms with Crippen LogP contribution in [0.3, 0.4) is 0 Å². The first-order chi connectivity index (χ1) is 12.1. The molecule has 0 spiro atoms. The molecule has 3 nitrogen and oxygen atoms in total. The van der Waals surface area contributed by atoms with E-state index in [4.69, 9.17) is 16.0 Å². The summed E-state index contributed by atoms with van der Waals surface area (Å²) in [5.41, 5.74) is 1.23. The third kappa shape index (κ3) is 5.29. The van der Waals surface area contributed by atoms with Gasteiger partial charge in [-0.25, -0.2) is 0 Å². The number of furan rings is 1. The summed E-state index contributed by atoms with van der Waals surface area (Å²) < 4.78 is 5.73. The molecule has 0 aliphatic heterocycles. The molecule has 1 aromatic carbocycles. The molecule has 1 amide bonds. The number of hydrogen-bond acceptors (Lipinski definition) is 3. The molecule has 5 heteroatoms. The van der Waals surface area contributed by atoms with Gasteiger partial charge in [0.05, 0.1) is 5.75 Å². The predicted molar refractivity (Wildman–Crippen MR) is 104 cm³/mol. The Kier molecular flexibility index (Phi) is 6.49. The number of nitrogens with one attached hydrogen (secondary N) is 1. The lowest BCUT2D eigenvalue weighted by Gasteiger charge is -2.29. The molecule has 0 bridgehead atoms. The highest BCUT2D eigenvalue weighted by atomic mass is 35.5. The van der Waals surface area contributed by atoms with Crippen molar-refractivity contribution in [3.05, 3.63) is 58.5 Å². The molecule has 1 aliphatic carbocycles. The van der Waals surface area contributed by atoms with Crippen LogP contribution in [0.2, 0.25) is 5.02 Å². The Bertz CT molecular complexity index is 698. The van der Waals surface area contributed by atoms with Crippen molar-refractivity contribution in [3.63, 3.8) is 0 Å². The second-order valence-electron chi connectivity index (χ2n) is 6.73. The van der Waals surface area contributed by atoms with Gasteiger partial charge in [0.2, 0.25) is 0 Å². The number of carbonyl (C=O) groups excluding carboxylic acids is 1. The van der Waals surface area contributed by atoms with Crippen LogP contribution >= 0.6 is 23.4 Å². The van der Waals surface area contributed by atoms with Crippen molar-refractivity contribution in [2.75, 3.05) is 0 Å². The van der Waals surface area contributed by atoms with Gasteiger partial charge in [0, 0.05) is 16.8 Å². The molecule has 2 atom stereocenters. The summed E-state index contributed by atoms with van der Waals surface area (Å²) >= 11 is 7.65. The molecule has 1 aliphatic rings. The average Bonchev–Trinajstić information content (AvgIpc) is 3.08. The predicted octanol–water partition coefficient (Wildman–Crippen LogP) is 5.67. The Labute approximate surface area is 158 Å². The van der Waals surface area contributed by atoms with Crippen molar-refractivity contribution < 1.29 is 9.21 Å². The maximum atomic E-state index is 12.4. The van der Waals surface area contributed by atoms with Gasteiger partial charge >= 0.3 is 0 Å². The summed E-state index contributed by atoms with van der Waals surface area (Å²) in [5, 5.41) is 3.89. The largest absolute Gasteiger partial charge is 0.455 e. The zero-order valence-corrected chi connectivity index (χ0v) is 16.0. The van der Waals surface area contributed by atoms with Crippen molar-refractivity contribution in [1.82, 2.24) is 5.32 Å². The van der Waals surface area contributed by atoms with E-state index in [9.17, 15) is 4.79 Å². The first-order valence-corrected chi connectivity index (χ1v) is 10.4. The number of hydrogen-bond donors (Lipinski definition) is 1. The van der Waals surface area contributed by atoms with Gasteiger partial charge in [-0.1, -0.05) is 43.5 Å². The van der Waals surface area contributed by atoms with Crippen molar-refractivity contribution in [1.29, 1.82) is 0 Å². The molecule has 25 heavy (non-hydrogen) atoms. The molecule has 1 fully saturated rings. The van der Waals surface area contributed by atoms with E-state index in [0.29, 0.717) is 11.7 Å². The molecule has 1 saturated carbocycles. The lowest BCUT2D eigenvalue weighted by molar-refractivity contribution is 0.0880. The van der Waals surface area contributed by atoms with Crippen LogP contribution in [0.4, 0.5) is 0 Å². The topological polar surface area (TPSA) is 42.2 Å². The first kappa shape index (κ1) is 18.4. The van der Waals surface area contributed by atoms with Crippen molar-refractivity contribution in [2.45, 2.75) is 50.2 Å². The van der Waals surface area contributed by atoms with E-state index < -0.39 is 0 Å². The van der Waals surface area contributed by atoms with Crippen LogP contribution in [0.1, 0.15) is 54.5 Å². The number of halogens is 1. The van der Waals surface area contributed by atoms with Crippen LogP contribution in [0.5, 0.6) is 0 Å². The van der Waals surface area contributed by atoms with E-state index in [-0.39, 0.29) is 11.9 Å². The van der Waals surface area contributed by atoms with Crippen LogP contribution in [0.25, 0.3) is 0 Å². The van der Waals surface area contributed by atoms with Gasteiger partial charge in [-0.05, 0) is 48.6 Å². The van der Waals surface area contributed by atoms with Gasteiger partial charge in [-0.3, -0.25) is 4.79 Å². The van der Waals surface area contributed by atoms with Crippen molar-refractivity contribution in [3.8, 4) is 0 Å². The molecule has 134 valence electrons. The Hall–Kier alpha value is -1.39. The SMILES string of the molecule is C[C@@H]1CCCC[C@@H]1NC(=O)c1ccc(CSCc2ccc(Cl)cc2)o1. The molecule has 0 unspecified atom stereocenters. The number of carbonyl (C=O) groups is 1. The van der Waals surface area contributed by atoms with Crippen molar-refractivity contribution in [2.24, 2.45) is 5.92 Å². The number of benzene rings is 1. The molecule has 2 aromatic rings. The minimum atomic E-state index is -0.0901. The van der Waals surface area contributed by atoms with E-state index in [1.165, 1.54) is 24.8 Å². The van der Waals surface area contributed by atoms with Crippen LogP contribution in [0, 0.1) is 5.92 Å². The highest BCUT2D eigenvalue weighted by molar-refractivity contribution is 7.97. The quantitative estimate of drug-likeness (QED) is 0.704. The molecule has 1 N–H and O–H groups in total. The third-order valence-corrected chi connectivity index (χ3v) is 6.02. The van der Waals surface area contributed by atoms with Crippen LogP contribution < -0.4 is 5.32 Å². The molecule has 1 heterocycles. The maximum absolute atomic E-state index is 12.4. The molecule has 3 rings (SSSR count). The van der Waals surface area contributed by atoms with Gasteiger partial charge in [-0.2, -0.15) is 0 Å². The van der Waals surface area contributed by atoms with Gasteiger partial charge in [0.25, 0.3) is 5.91 Å². The minimum Gasteiger partial charge on any atom is -0.455 e. The van der Waals surface area contributed by atoms with Gasteiger partial charge in [0.15, 0.2) is 5.76 Å². The van der Waals surface area contributed by atoms with E-state index >= 15 is 0 Å². The fourth-order valence-corrected chi connectivity index (χ4v) is 4.21. The molecular formula is C20H24ClNO2S. The summed E-state index contributed by atoms with van der Waals surface area (Å²) in [6, 6.07) is 11.8. The Morgan fingerprint density at radius 2 is 1.92 bits per heavy atom. The number of thioether (sulfide) groups is 1. The highest BCUT2D eigenvalue weighted by Crippen LogP contribution is 2.25. The fourth-order valence-electron chi connectivity index (χ4n) is 3.20. The second-order valence-corrected chi connectivity index (χ2v) is 8.15. The zero-order valence-electron chi connectivity index (χ0n) is 14.5. The van der Waals surface area contributed by atoms with E-state index in [0.717, 1.165) is 28.7 Å². The third-order valence-electron chi connectivity index (χ3n) is 4.74.